The van der Waals surface area contributed by atoms with Crippen LogP contribution < -0.4 is 0 Å². The standard InChI is InChI=1S/C22H21NO4/c1-3-18(24)20(22(26)27-2)19(15-10-6-4-7-11-15)17(14-23)21(25)16-12-8-5-9-13-16/h4-13,17,19-20H,3H2,1-2H3. The molecule has 0 fully saturated rings. The van der Waals surface area contributed by atoms with Crippen molar-refractivity contribution in [3.05, 3.63) is 71.8 Å². The zero-order valence-electron chi connectivity index (χ0n) is 15.3. The van der Waals surface area contributed by atoms with Crippen LogP contribution >= 0.6 is 0 Å². The first-order valence-electron chi connectivity index (χ1n) is 8.69. The summed E-state index contributed by atoms with van der Waals surface area (Å²) in [4.78, 5) is 38.1. The fourth-order valence-corrected chi connectivity index (χ4v) is 3.16. The molecule has 0 spiro atoms. The largest absolute Gasteiger partial charge is 0.468 e. The number of hydrogen-bond acceptors (Lipinski definition) is 5. The average Bonchev–Trinajstić information content (AvgIpc) is 2.73. The fraction of sp³-hybridized carbons (Fsp3) is 0.273. The highest BCUT2D eigenvalue weighted by Crippen LogP contribution is 2.36. The molecule has 0 saturated carbocycles. The summed E-state index contributed by atoms with van der Waals surface area (Å²) < 4.78 is 4.84. The van der Waals surface area contributed by atoms with Gasteiger partial charge in [-0.15, -0.1) is 0 Å². The van der Waals surface area contributed by atoms with Gasteiger partial charge in [-0.1, -0.05) is 67.6 Å². The van der Waals surface area contributed by atoms with Crippen molar-refractivity contribution >= 4 is 17.5 Å². The molecule has 27 heavy (non-hydrogen) atoms. The van der Waals surface area contributed by atoms with Crippen LogP contribution in [0.4, 0.5) is 0 Å². The molecule has 0 N–H and O–H groups in total. The minimum atomic E-state index is -1.22. The maximum atomic E-state index is 13.0. The zero-order valence-corrected chi connectivity index (χ0v) is 15.3. The summed E-state index contributed by atoms with van der Waals surface area (Å²) in [7, 11) is 1.20. The zero-order chi connectivity index (χ0) is 19.8. The lowest BCUT2D eigenvalue weighted by Gasteiger charge is -2.27. The van der Waals surface area contributed by atoms with Crippen LogP contribution in [0.1, 0.15) is 35.2 Å². The highest BCUT2D eigenvalue weighted by molar-refractivity contribution is 6.04. The molecule has 0 aliphatic heterocycles. The first-order valence-corrected chi connectivity index (χ1v) is 8.69. The normalized spacial score (nSPS) is 13.7. The van der Waals surface area contributed by atoms with Gasteiger partial charge in [0, 0.05) is 17.9 Å². The number of rotatable bonds is 8. The van der Waals surface area contributed by atoms with Gasteiger partial charge in [-0.2, -0.15) is 5.26 Å². The molecular weight excluding hydrogens is 342 g/mol. The SMILES string of the molecule is CCC(=O)C(C(=O)OC)C(c1ccccc1)C(C#N)C(=O)c1ccccc1. The highest BCUT2D eigenvalue weighted by Gasteiger charge is 2.43. The van der Waals surface area contributed by atoms with Crippen molar-refractivity contribution in [2.24, 2.45) is 11.8 Å². The van der Waals surface area contributed by atoms with E-state index in [9.17, 15) is 19.6 Å². The summed E-state index contributed by atoms with van der Waals surface area (Å²) >= 11 is 0. The molecule has 0 aliphatic rings. The highest BCUT2D eigenvalue weighted by atomic mass is 16.5. The number of esters is 1. The van der Waals surface area contributed by atoms with E-state index >= 15 is 0 Å². The van der Waals surface area contributed by atoms with Crippen LogP contribution in [0.15, 0.2) is 60.7 Å². The van der Waals surface area contributed by atoms with E-state index in [4.69, 9.17) is 4.74 Å². The average molecular weight is 363 g/mol. The first kappa shape index (κ1) is 20.1. The first-order chi connectivity index (χ1) is 13.0. The number of nitrogens with zero attached hydrogens (tertiary/aromatic N) is 1. The monoisotopic (exact) mass is 363 g/mol. The summed E-state index contributed by atoms with van der Waals surface area (Å²) in [5.41, 5.74) is 0.933. The van der Waals surface area contributed by atoms with Gasteiger partial charge in [0.05, 0.1) is 13.2 Å². The van der Waals surface area contributed by atoms with Crippen molar-refractivity contribution in [1.82, 2.24) is 0 Å². The van der Waals surface area contributed by atoms with E-state index in [1.54, 1.807) is 67.6 Å². The molecule has 3 atom stereocenters. The molecule has 2 rings (SSSR count). The van der Waals surface area contributed by atoms with Crippen molar-refractivity contribution in [1.29, 1.82) is 5.26 Å². The Labute approximate surface area is 158 Å². The van der Waals surface area contributed by atoms with Gasteiger partial charge < -0.3 is 4.74 Å². The smallest absolute Gasteiger partial charge is 0.316 e. The number of carbonyl (C=O) groups is 3. The lowest BCUT2D eigenvalue weighted by atomic mass is 9.72. The second-order valence-electron chi connectivity index (χ2n) is 6.09. The van der Waals surface area contributed by atoms with Crippen LogP contribution in [0.5, 0.6) is 0 Å². The van der Waals surface area contributed by atoms with Crippen LogP contribution in [-0.4, -0.2) is 24.6 Å². The van der Waals surface area contributed by atoms with E-state index < -0.39 is 29.5 Å². The second kappa shape index (κ2) is 9.44. The lowest BCUT2D eigenvalue weighted by molar-refractivity contribution is -0.150. The molecule has 0 saturated heterocycles. The van der Waals surface area contributed by atoms with Gasteiger partial charge in [0.15, 0.2) is 5.78 Å². The summed E-state index contributed by atoms with van der Waals surface area (Å²) in [5.74, 6) is -4.88. The third kappa shape index (κ3) is 4.48. The number of nitriles is 1. The predicted octanol–water partition coefficient (Wildman–Crippen LogP) is 3.56. The quantitative estimate of drug-likeness (QED) is 0.407. The molecule has 138 valence electrons. The van der Waals surface area contributed by atoms with E-state index in [0.29, 0.717) is 11.1 Å². The summed E-state index contributed by atoms with van der Waals surface area (Å²) in [6.07, 6.45) is 0.0980. The number of hydrogen-bond donors (Lipinski definition) is 0. The van der Waals surface area contributed by atoms with Crippen molar-refractivity contribution in [3.8, 4) is 6.07 Å². The molecule has 0 heterocycles. The Morgan fingerprint density at radius 3 is 2.04 bits per heavy atom. The summed E-state index contributed by atoms with van der Waals surface area (Å²) in [6, 6.07) is 19.1. The predicted molar refractivity (Wildman–Crippen MR) is 99.9 cm³/mol. The van der Waals surface area contributed by atoms with Gasteiger partial charge >= 0.3 is 5.97 Å². The van der Waals surface area contributed by atoms with Crippen molar-refractivity contribution in [2.75, 3.05) is 7.11 Å². The Morgan fingerprint density at radius 1 is 1.00 bits per heavy atom. The molecule has 5 nitrogen and oxygen atoms in total. The minimum Gasteiger partial charge on any atom is -0.468 e. The van der Waals surface area contributed by atoms with Crippen molar-refractivity contribution < 1.29 is 19.1 Å². The molecule has 3 unspecified atom stereocenters. The lowest BCUT2D eigenvalue weighted by Crippen LogP contribution is -2.37. The van der Waals surface area contributed by atoms with Gasteiger partial charge in [-0.25, -0.2) is 0 Å². The Hall–Kier alpha value is -3.26. The van der Waals surface area contributed by atoms with E-state index in [0.717, 1.165) is 0 Å². The third-order valence-electron chi connectivity index (χ3n) is 4.53. The van der Waals surface area contributed by atoms with Crippen LogP contribution in [0.3, 0.4) is 0 Å². The number of carbonyl (C=O) groups excluding carboxylic acids is 3. The molecule has 0 bridgehead atoms. The van der Waals surface area contributed by atoms with Gasteiger partial charge in [-0.05, 0) is 5.56 Å². The Kier molecular flexibility index (Phi) is 7.01. The van der Waals surface area contributed by atoms with Crippen molar-refractivity contribution in [3.63, 3.8) is 0 Å². The Morgan fingerprint density at radius 2 is 1.56 bits per heavy atom. The van der Waals surface area contributed by atoms with E-state index in [-0.39, 0.29) is 12.2 Å². The van der Waals surface area contributed by atoms with E-state index in [1.165, 1.54) is 7.11 Å². The van der Waals surface area contributed by atoms with Crippen LogP contribution in [0.2, 0.25) is 0 Å². The molecule has 0 amide bonds. The van der Waals surface area contributed by atoms with Crippen LogP contribution in [0, 0.1) is 23.2 Å². The minimum absolute atomic E-state index is 0.0980. The number of ether oxygens (including phenoxy) is 1. The summed E-state index contributed by atoms with van der Waals surface area (Å²) in [6.45, 7) is 1.64. The third-order valence-corrected chi connectivity index (χ3v) is 4.53. The topological polar surface area (TPSA) is 84.2 Å². The van der Waals surface area contributed by atoms with Gasteiger partial charge in [0.25, 0.3) is 0 Å². The number of benzene rings is 2. The molecule has 0 radical (unpaired) electrons. The maximum absolute atomic E-state index is 13.0. The van der Waals surface area contributed by atoms with Gasteiger partial charge in [0.2, 0.25) is 0 Å². The van der Waals surface area contributed by atoms with Crippen molar-refractivity contribution in [2.45, 2.75) is 19.3 Å². The molecule has 0 aliphatic carbocycles. The Balaban J connectivity index is 2.60. The molecule has 2 aromatic carbocycles. The van der Waals surface area contributed by atoms with Crippen LogP contribution in [0.25, 0.3) is 0 Å². The number of Topliss-reactive ketones (excluding diaryl/α,β-unsaturated/α-hetero) is 2. The van der Waals surface area contributed by atoms with E-state index in [2.05, 4.69) is 0 Å². The number of ketones is 2. The Bertz CT molecular complexity index is 824. The number of methoxy groups -OCH3 is 1. The van der Waals surface area contributed by atoms with Crippen LogP contribution in [-0.2, 0) is 14.3 Å². The maximum Gasteiger partial charge on any atom is 0.316 e. The molecule has 0 aromatic heterocycles. The molecular formula is C22H21NO4. The van der Waals surface area contributed by atoms with Gasteiger partial charge in [0.1, 0.15) is 17.6 Å². The van der Waals surface area contributed by atoms with E-state index in [1.807, 2.05) is 6.07 Å². The second-order valence-corrected chi connectivity index (χ2v) is 6.09. The molecule has 5 heteroatoms. The van der Waals surface area contributed by atoms with Gasteiger partial charge in [-0.3, -0.25) is 14.4 Å². The fourth-order valence-electron chi connectivity index (χ4n) is 3.16. The summed E-state index contributed by atoms with van der Waals surface area (Å²) in [5, 5.41) is 9.81. The molecule has 2 aromatic rings.